The first-order chi connectivity index (χ1) is 15.8. The Labute approximate surface area is 203 Å². The lowest BCUT2D eigenvalue weighted by atomic mass is 10.0. The Morgan fingerprint density at radius 2 is 0.781 bits per heavy atom. The highest BCUT2D eigenvalue weighted by molar-refractivity contribution is 4.96. The predicted molar refractivity (Wildman–Crippen MR) is 145 cm³/mol. The van der Waals surface area contributed by atoms with E-state index in [0.717, 1.165) is 0 Å². The molecule has 2 nitrogen and oxygen atoms in total. The molecule has 0 N–H and O–H groups in total. The zero-order valence-electron chi connectivity index (χ0n) is 22.6. The fraction of sp³-hybridized carbons (Fsp3) is 0.933. The zero-order valence-corrected chi connectivity index (χ0v) is 22.6. The average Bonchev–Trinajstić information content (AvgIpc) is 3.17. The summed E-state index contributed by atoms with van der Waals surface area (Å²) in [6.45, 7) is 9.38. The number of hydrogen-bond donors (Lipinski definition) is 0. The summed E-state index contributed by atoms with van der Waals surface area (Å²) < 4.78 is 0. The van der Waals surface area contributed by atoms with Gasteiger partial charge >= 0.3 is 0 Å². The van der Waals surface area contributed by atoms with Gasteiger partial charge in [-0.25, -0.2) is 0 Å². The fourth-order valence-corrected chi connectivity index (χ4v) is 5.19. The molecule has 1 aliphatic rings. The van der Waals surface area contributed by atoms with Gasteiger partial charge in [-0.2, -0.15) is 0 Å². The van der Waals surface area contributed by atoms with Crippen molar-refractivity contribution in [2.24, 2.45) is 0 Å². The first-order valence-corrected chi connectivity index (χ1v) is 15.0. The molecule has 0 aromatic rings. The van der Waals surface area contributed by atoms with E-state index >= 15 is 0 Å². The van der Waals surface area contributed by atoms with Gasteiger partial charge < -0.3 is 9.80 Å². The lowest BCUT2D eigenvalue weighted by molar-refractivity contribution is 0.137. The summed E-state index contributed by atoms with van der Waals surface area (Å²) in [5.74, 6) is 0. The van der Waals surface area contributed by atoms with Crippen molar-refractivity contribution in [3.8, 4) is 0 Å². The Balaban J connectivity index is 1.90. The molecule has 2 heteroatoms. The van der Waals surface area contributed by atoms with Crippen molar-refractivity contribution in [3.05, 3.63) is 12.4 Å². The van der Waals surface area contributed by atoms with Crippen molar-refractivity contribution in [1.29, 1.82) is 0 Å². The summed E-state index contributed by atoms with van der Waals surface area (Å²) in [6, 6.07) is 0. The molecule has 0 fully saturated rings. The van der Waals surface area contributed by atoms with Crippen molar-refractivity contribution in [3.63, 3.8) is 0 Å². The maximum absolute atomic E-state index is 2.64. The van der Waals surface area contributed by atoms with Crippen LogP contribution in [0.3, 0.4) is 0 Å². The van der Waals surface area contributed by atoms with Crippen LogP contribution in [0.1, 0.15) is 162 Å². The van der Waals surface area contributed by atoms with Crippen LogP contribution in [0.15, 0.2) is 12.4 Å². The van der Waals surface area contributed by atoms with Crippen molar-refractivity contribution in [2.45, 2.75) is 168 Å². The topological polar surface area (TPSA) is 6.48 Å². The molecule has 1 heterocycles. The molecule has 0 spiro atoms. The molecule has 1 atom stereocenters. The highest BCUT2D eigenvalue weighted by atomic mass is 15.4. The van der Waals surface area contributed by atoms with Gasteiger partial charge in [-0.3, -0.25) is 0 Å². The van der Waals surface area contributed by atoms with Gasteiger partial charge in [0.25, 0.3) is 0 Å². The third-order valence-corrected chi connectivity index (χ3v) is 7.28. The average molecular weight is 449 g/mol. The molecule has 0 aliphatic carbocycles. The van der Waals surface area contributed by atoms with E-state index in [4.69, 9.17) is 0 Å². The Morgan fingerprint density at radius 3 is 1.22 bits per heavy atom. The number of rotatable bonds is 24. The molecular weight excluding hydrogens is 388 g/mol. The number of nitrogens with zero attached hydrogens (tertiary/aromatic N) is 2. The summed E-state index contributed by atoms with van der Waals surface area (Å²) >= 11 is 0. The van der Waals surface area contributed by atoms with Crippen molar-refractivity contribution in [1.82, 2.24) is 9.80 Å². The molecule has 1 unspecified atom stereocenters. The summed E-state index contributed by atoms with van der Waals surface area (Å²) in [4.78, 5) is 5.22. The van der Waals surface area contributed by atoms with Crippen LogP contribution in [-0.4, -0.2) is 29.1 Å². The van der Waals surface area contributed by atoms with Crippen LogP contribution in [0.5, 0.6) is 0 Å². The molecule has 0 radical (unpaired) electrons. The minimum Gasteiger partial charge on any atom is -0.356 e. The number of unbranched alkanes of at least 4 members (excludes halogenated alkanes) is 18. The highest BCUT2D eigenvalue weighted by Crippen LogP contribution is 2.22. The maximum Gasteiger partial charge on any atom is 0.101 e. The molecule has 0 saturated heterocycles. The molecule has 190 valence electrons. The van der Waals surface area contributed by atoms with Crippen LogP contribution in [0.2, 0.25) is 0 Å². The third kappa shape index (κ3) is 15.2. The number of hydrogen-bond acceptors (Lipinski definition) is 2. The van der Waals surface area contributed by atoms with Gasteiger partial charge in [0.2, 0.25) is 0 Å². The van der Waals surface area contributed by atoms with Crippen LogP contribution in [0.4, 0.5) is 0 Å². The second-order valence-electron chi connectivity index (χ2n) is 10.4. The minimum absolute atomic E-state index is 0.641. The molecular formula is C30H60N2. The van der Waals surface area contributed by atoms with Crippen LogP contribution in [0, 0.1) is 0 Å². The Morgan fingerprint density at radius 1 is 0.406 bits per heavy atom. The lowest BCUT2D eigenvalue weighted by Gasteiger charge is -2.33. The van der Waals surface area contributed by atoms with E-state index < -0.39 is 0 Å². The van der Waals surface area contributed by atoms with Crippen LogP contribution in [0.25, 0.3) is 0 Å². The van der Waals surface area contributed by atoms with E-state index in [0.29, 0.717) is 6.17 Å². The van der Waals surface area contributed by atoms with Crippen LogP contribution < -0.4 is 0 Å². The van der Waals surface area contributed by atoms with E-state index in [-0.39, 0.29) is 0 Å². The standard InChI is InChI=1S/C30H60N2/c1-4-7-9-10-11-12-13-14-15-16-17-18-19-20-21-22-24-27-32-29-28-31(26-6-3)30(32)25-23-8-5-2/h28-30H,4-27H2,1-3H3. The Kier molecular flexibility index (Phi) is 20.3. The van der Waals surface area contributed by atoms with E-state index in [9.17, 15) is 0 Å². The summed E-state index contributed by atoms with van der Waals surface area (Å²) in [5.41, 5.74) is 0. The van der Waals surface area contributed by atoms with Gasteiger partial charge in [-0.1, -0.05) is 136 Å². The Bertz CT molecular complexity index is 406. The lowest BCUT2D eigenvalue weighted by Crippen LogP contribution is -2.39. The SMILES string of the molecule is CCCCCCCCCCCCCCCCCCCN1C=CN(CCC)C1CCCCC. The monoisotopic (exact) mass is 448 g/mol. The van der Waals surface area contributed by atoms with Gasteiger partial charge in [-0.15, -0.1) is 0 Å². The summed E-state index contributed by atoms with van der Waals surface area (Å²) in [6.07, 6.45) is 36.7. The maximum atomic E-state index is 2.64. The zero-order chi connectivity index (χ0) is 23.1. The molecule has 0 aromatic heterocycles. The molecule has 1 rings (SSSR count). The van der Waals surface area contributed by atoms with Crippen LogP contribution in [-0.2, 0) is 0 Å². The van der Waals surface area contributed by atoms with Gasteiger partial charge in [0, 0.05) is 25.5 Å². The first kappa shape index (κ1) is 29.4. The third-order valence-electron chi connectivity index (χ3n) is 7.28. The van der Waals surface area contributed by atoms with E-state index in [1.165, 1.54) is 154 Å². The second-order valence-corrected chi connectivity index (χ2v) is 10.4. The molecule has 0 aromatic carbocycles. The van der Waals surface area contributed by atoms with E-state index in [1.807, 2.05) is 0 Å². The largest absolute Gasteiger partial charge is 0.356 e. The minimum atomic E-state index is 0.641. The van der Waals surface area contributed by atoms with E-state index in [1.54, 1.807) is 0 Å². The predicted octanol–water partition coefficient (Wildman–Crippen LogP) is 10.0. The van der Waals surface area contributed by atoms with Crippen molar-refractivity contribution >= 4 is 0 Å². The normalized spacial score (nSPS) is 15.9. The van der Waals surface area contributed by atoms with Crippen LogP contribution >= 0.6 is 0 Å². The van der Waals surface area contributed by atoms with Gasteiger partial charge in [0.1, 0.15) is 6.17 Å². The van der Waals surface area contributed by atoms with E-state index in [2.05, 4.69) is 43.0 Å². The molecule has 0 bridgehead atoms. The van der Waals surface area contributed by atoms with Crippen molar-refractivity contribution in [2.75, 3.05) is 13.1 Å². The Hall–Kier alpha value is -0.660. The summed E-state index contributed by atoms with van der Waals surface area (Å²) in [7, 11) is 0. The highest BCUT2D eigenvalue weighted by Gasteiger charge is 2.24. The quantitative estimate of drug-likeness (QED) is 0.135. The second kappa shape index (κ2) is 22.1. The molecule has 0 amide bonds. The fourth-order valence-electron chi connectivity index (χ4n) is 5.19. The van der Waals surface area contributed by atoms with Crippen molar-refractivity contribution < 1.29 is 0 Å². The smallest absolute Gasteiger partial charge is 0.101 e. The van der Waals surface area contributed by atoms with Gasteiger partial charge in [0.15, 0.2) is 0 Å². The molecule has 32 heavy (non-hydrogen) atoms. The molecule has 0 saturated carbocycles. The van der Waals surface area contributed by atoms with Gasteiger partial charge in [-0.05, 0) is 25.7 Å². The molecule has 1 aliphatic heterocycles. The first-order valence-electron chi connectivity index (χ1n) is 15.0. The summed E-state index contributed by atoms with van der Waals surface area (Å²) in [5, 5.41) is 0. The van der Waals surface area contributed by atoms with Gasteiger partial charge in [0.05, 0.1) is 0 Å².